The minimum absolute atomic E-state index is 0.0753. The number of fused-ring (bicyclic) bond motifs is 1. The maximum absolute atomic E-state index is 13.7. The molecule has 0 aliphatic carbocycles. The molecule has 0 aliphatic heterocycles. The topological polar surface area (TPSA) is 93.9 Å². The average molecular weight is 501 g/mol. The van der Waals surface area contributed by atoms with Crippen molar-refractivity contribution in [1.29, 1.82) is 0 Å². The summed E-state index contributed by atoms with van der Waals surface area (Å²) in [6, 6.07) is 5.31. The van der Waals surface area contributed by atoms with Crippen LogP contribution in [0.3, 0.4) is 0 Å². The van der Waals surface area contributed by atoms with Crippen LogP contribution in [0.5, 0.6) is 0 Å². The van der Waals surface area contributed by atoms with Gasteiger partial charge in [-0.1, -0.05) is 11.6 Å². The number of aromatic nitrogens is 1. The number of rotatable bonds is 5. The molecule has 0 atom stereocenters. The van der Waals surface area contributed by atoms with E-state index in [1.807, 2.05) is 0 Å². The number of hydrogen-bond acceptors (Lipinski definition) is 6. The smallest absolute Gasteiger partial charge is 0.419 e. The summed E-state index contributed by atoms with van der Waals surface area (Å²) in [5, 5.41) is 2.70. The number of nitrogens with zero attached hydrogens (tertiary/aromatic N) is 2. The first-order valence-corrected chi connectivity index (χ1v) is 9.97. The molecule has 2 heterocycles. The highest BCUT2D eigenvalue weighted by Crippen LogP contribution is 2.44. The lowest BCUT2D eigenvalue weighted by Crippen LogP contribution is -2.28. The number of hydrogen-bond donors (Lipinski definition) is 1. The van der Waals surface area contributed by atoms with Crippen molar-refractivity contribution in [2.24, 2.45) is 0 Å². The number of pyridine rings is 1. The van der Waals surface area contributed by atoms with Crippen LogP contribution in [0.15, 0.2) is 39.5 Å². The fourth-order valence-electron chi connectivity index (χ4n) is 2.68. The number of anilines is 3. The van der Waals surface area contributed by atoms with Crippen LogP contribution in [0.2, 0.25) is 5.02 Å². The van der Waals surface area contributed by atoms with E-state index >= 15 is 0 Å². The SMILES string of the molecule is CCOC(=O)Nc1oc2c(Br)nccc2c1N(C(=O)OCC)c1ccc(F)c(Cl)c1. The molecule has 0 fully saturated rings. The molecular weight excluding hydrogens is 485 g/mol. The van der Waals surface area contributed by atoms with Crippen molar-refractivity contribution >= 4 is 67.9 Å². The van der Waals surface area contributed by atoms with Crippen LogP contribution in [0.25, 0.3) is 11.0 Å². The highest BCUT2D eigenvalue weighted by molar-refractivity contribution is 9.10. The highest BCUT2D eigenvalue weighted by atomic mass is 79.9. The first-order valence-electron chi connectivity index (χ1n) is 8.80. The van der Waals surface area contributed by atoms with Crippen LogP contribution in [-0.4, -0.2) is 30.4 Å². The Morgan fingerprint density at radius 1 is 1.27 bits per heavy atom. The molecule has 0 aliphatic rings. The van der Waals surface area contributed by atoms with Gasteiger partial charge in [-0.3, -0.25) is 5.32 Å². The second-order valence-electron chi connectivity index (χ2n) is 5.74. The Labute approximate surface area is 184 Å². The molecule has 0 spiro atoms. The highest BCUT2D eigenvalue weighted by Gasteiger charge is 2.30. The molecule has 30 heavy (non-hydrogen) atoms. The molecule has 1 aromatic carbocycles. The van der Waals surface area contributed by atoms with Gasteiger partial charge >= 0.3 is 12.2 Å². The molecule has 0 unspecified atom stereocenters. The monoisotopic (exact) mass is 499 g/mol. The molecule has 3 rings (SSSR count). The Kier molecular flexibility index (Phi) is 6.78. The normalized spacial score (nSPS) is 10.7. The van der Waals surface area contributed by atoms with E-state index in [9.17, 15) is 14.0 Å². The van der Waals surface area contributed by atoms with Crippen molar-refractivity contribution in [3.63, 3.8) is 0 Å². The van der Waals surface area contributed by atoms with E-state index in [0.717, 1.165) is 11.0 Å². The molecule has 158 valence electrons. The second-order valence-corrected chi connectivity index (χ2v) is 6.89. The lowest BCUT2D eigenvalue weighted by molar-refractivity contribution is 0.162. The third-order valence-corrected chi connectivity index (χ3v) is 4.72. The molecule has 3 aromatic rings. The van der Waals surface area contributed by atoms with E-state index in [-0.39, 0.29) is 41.1 Å². The summed E-state index contributed by atoms with van der Waals surface area (Å²) in [6.07, 6.45) is -0.0915. The van der Waals surface area contributed by atoms with Crippen molar-refractivity contribution < 1.29 is 27.9 Å². The van der Waals surface area contributed by atoms with Crippen molar-refractivity contribution in [2.75, 3.05) is 23.4 Å². The molecule has 2 amide bonds. The van der Waals surface area contributed by atoms with E-state index < -0.39 is 18.0 Å². The molecular formula is C19H16BrClFN3O5. The summed E-state index contributed by atoms with van der Waals surface area (Å²) in [5.74, 6) is -0.747. The molecule has 0 saturated heterocycles. The number of carbonyl (C=O) groups excluding carboxylic acids is 2. The number of nitrogens with one attached hydrogen (secondary N) is 1. The van der Waals surface area contributed by atoms with E-state index in [4.69, 9.17) is 25.5 Å². The molecule has 0 bridgehead atoms. The zero-order valence-corrected chi connectivity index (χ0v) is 18.2. The zero-order valence-electron chi connectivity index (χ0n) is 15.9. The maximum Gasteiger partial charge on any atom is 0.419 e. The number of ether oxygens (including phenoxy) is 2. The molecule has 0 saturated carbocycles. The number of halogens is 3. The summed E-state index contributed by atoms with van der Waals surface area (Å²) >= 11 is 9.21. The van der Waals surface area contributed by atoms with Crippen molar-refractivity contribution in [2.45, 2.75) is 13.8 Å². The Bertz CT molecular complexity index is 1110. The fraction of sp³-hybridized carbons (Fsp3) is 0.211. The summed E-state index contributed by atoms with van der Waals surface area (Å²) in [7, 11) is 0. The van der Waals surface area contributed by atoms with Crippen LogP contribution in [0, 0.1) is 5.82 Å². The number of benzene rings is 1. The molecule has 0 radical (unpaired) electrons. The van der Waals surface area contributed by atoms with Gasteiger partial charge in [-0.25, -0.2) is 23.9 Å². The largest absolute Gasteiger partial charge is 0.450 e. The summed E-state index contributed by atoms with van der Waals surface area (Å²) in [5.41, 5.74) is 0.603. The van der Waals surface area contributed by atoms with E-state index in [2.05, 4.69) is 26.2 Å². The summed E-state index contributed by atoms with van der Waals surface area (Å²) < 4.78 is 29.9. The second kappa shape index (κ2) is 9.31. The van der Waals surface area contributed by atoms with Gasteiger partial charge in [0.1, 0.15) is 16.1 Å². The lowest BCUT2D eigenvalue weighted by Gasteiger charge is -2.22. The van der Waals surface area contributed by atoms with Crippen LogP contribution >= 0.6 is 27.5 Å². The zero-order chi connectivity index (χ0) is 21.8. The summed E-state index contributed by atoms with van der Waals surface area (Å²) in [4.78, 5) is 30.1. The Hall–Kier alpha value is -2.85. The number of furan rings is 1. The predicted octanol–water partition coefficient (Wildman–Crippen LogP) is 6.25. The Balaban J connectivity index is 2.26. The van der Waals surface area contributed by atoms with Crippen molar-refractivity contribution in [3.8, 4) is 0 Å². The van der Waals surface area contributed by atoms with Gasteiger partial charge in [-0.15, -0.1) is 0 Å². The van der Waals surface area contributed by atoms with Gasteiger partial charge in [0.2, 0.25) is 5.88 Å². The van der Waals surface area contributed by atoms with Gasteiger partial charge in [0.25, 0.3) is 0 Å². The van der Waals surface area contributed by atoms with E-state index in [0.29, 0.717) is 9.99 Å². The van der Waals surface area contributed by atoms with E-state index in [1.165, 1.54) is 18.3 Å². The van der Waals surface area contributed by atoms with Crippen LogP contribution in [0.1, 0.15) is 13.8 Å². The van der Waals surface area contributed by atoms with Gasteiger partial charge in [-0.2, -0.15) is 0 Å². The van der Waals surface area contributed by atoms with Crippen LogP contribution in [0.4, 0.5) is 31.2 Å². The predicted molar refractivity (Wildman–Crippen MR) is 113 cm³/mol. The first-order chi connectivity index (χ1) is 14.4. The van der Waals surface area contributed by atoms with Gasteiger partial charge in [0.05, 0.1) is 29.3 Å². The third kappa shape index (κ3) is 4.34. The average Bonchev–Trinajstić information content (AvgIpc) is 3.04. The Morgan fingerprint density at radius 3 is 2.67 bits per heavy atom. The third-order valence-electron chi connectivity index (χ3n) is 3.86. The van der Waals surface area contributed by atoms with Gasteiger partial charge in [-0.05, 0) is 54.0 Å². The number of amides is 2. The molecule has 2 aromatic heterocycles. The lowest BCUT2D eigenvalue weighted by atomic mass is 10.2. The van der Waals surface area contributed by atoms with E-state index in [1.54, 1.807) is 19.9 Å². The fourth-order valence-corrected chi connectivity index (χ4v) is 3.27. The molecule has 1 N–H and O–H groups in total. The van der Waals surface area contributed by atoms with Crippen LogP contribution in [-0.2, 0) is 9.47 Å². The van der Waals surface area contributed by atoms with Crippen LogP contribution < -0.4 is 10.2 Å². The standard InChI is InChI=1S/C19H16BrClFN3O5/c1-3-28-18(26)24-17-14(11-7-8-23-16(20)15(11)30-17)25(19(27)29-4-2)10-5-6-13(22)12(21)9-10/h5-9H,3-4H2,1-2H3,(H,24,26). The van der Waals surface area contributed by atoms with Gasteiger partial charge < -0.3 is 13.9 Å². The van der Waals surface area contributed by atoms with Gasteiger partial charge in [0.15, 0.2) is 5.58 Å². The van der Waals surface area contributed by atoms with Crippen molar-refractivity contribution in [1.82, 2.24) is 4.98 Å². The first kappa shape index (κ1) is 21.8. The minimum Gasteiger partial charge on any atom is -0.450 e. The summed E-state index contributed by atoms with van der Waals surface area (Å²) in [6.45, 7) is 3.48. The van der Waals surface area contributed by atoms with Gasteiger partial charge in [0, 0.05) is 6.20 Å². The Morgan fingerprint density at radius 2 is 2.00 bits per heavy atom. The van der Waals surface area contributed by atoms with Crippen molar-refractivity contribution in [3.05, 3.63) is 45.9 Å². The minimum atomic E-state index is -0.789. The molecule has 11 heteroatoms. The maximum atomic E-state index is 13.7. The number of carbonyl (C=O) groups is 2. The molecule has 8 nitrogen and oxygen atoms in total. The quantitative estimate of drug-likeness (QED) is 0.416.